The first kappa shape index (κ1) is 17.2. The van der Waals surface area contributed by atoms with Crippen molar-refractivity contribution >= 4 is 11.6 Å². The molecule has 0 bridgehead atoms. The molecule has 2 saturated heterocycles. The fourth-order valence-corrected chi connectivity index (χ4v) is 3.46. The van der Waals surface area contributed by atoms with E-state index in [-0.39, 0.29) is 18.1 Å². The van der Waals surface area contributed by atoms with E-state index in [0.29, 0.717) is 6.54 Å². The van der Waals surface area contributed by atoms with Crippen molar-refractivity contribution < 1.29 is 9.53 Å². The van der Waals surface area contributed by atoms with Crippen LogP contribution in [0.15, 0.2) is 24.3 Å². The zero-order chi connectivity index (χ0) is 16.9. The van der Waals surface area contributed by atoms with Gasteiger partial charge in [-0.2, -0.15) is 0 Å². The molecule has 1 aromatic carbocycles. The Morgan fingerprint density at radius 1 is 1.25 bits per heavy atom. The number of nitrogens with one attached hydrogen (secondary N) is 1. The first-order chi connectivity index (χ1) is 11.6. The Morgan fingerprint density at radius 2 is 1.96 bits per heavy atom. The van der Waals surface area contributed by atoms with Gasteiger partial charge >= 0.3 is 0 Å². The van der Waals surface area contributed by atoms with Crippen LogP contribution in [0.1, 0.15) is 25.3 Å². The maximum Gasteiger partial charge on any atom is 0.237 e. The molecule has 0 radical (unpaired) electrons. The van der Waals surface area contributed by atoms with Crippen molar-refractivity contribution in [3.8, 4) is 0 Å². The SMILES string of the molecule is Cc1ccc(N2CCN([C@@H](C)C(=O)NC[C@@H]3CCCO3)CC2)cc1. The van der Waals surface area contributed by atoms with Crippen LogP contribution in [-0.4, -0.2) is 62.3 Å². The number of rotatable bonds is 5. The summed E-state index contributed by atoms with van der Waals surface area (Å²) >= 11 is 0. The van der Waals surface area contributed by atoms with Gasteiger partial charge in [0.15, 0.2) is 0 Å². The summed E-state index contributed by atoms with van der Waals surface area (Å²) in [5.74, 6) is 0.120. The van der Waals surface area contributed by atoms with Gasteiger partial charge in [-0.1, -0.05) is 17.7 Å². The average molecular weight is 331 g/mol. The minimum absolute atomic E-state index is 0.0772. The highest BCUT2D eigenvalue weighted by atomic mass is 16.5. The third-order valence-electron chi connectivity index (χ3n) is 5.17. The quantitative estimate of drug-likeness (QED) is 0.894. The number of anilines is 1. The fourth-order valence-electron chi connectivity index (χ4n) is 3.46. The van der Waals surface area contributed by atoms with Gasteiger partial charge in [-0.05, 0) is 38.8 Å². The van der Waals surface area contributed by atoms with Crippen LogP contribution in [0.25, 0.3) is 0 Å². The van der Waals surface area contributed by atoms with Crippen LogP contribution in [0.3, 0.4) is 0 Å². The smallest absolute Gasteiger partial charge is 0.237 e. The number of aryl methyl sites for hydroxylation is 1. The number of piperazine rings is 1. The van der Waals surface area contributed by atoms with Gasteiger partial charge in [-0.25, -0.2) is 0 Å². The normalized spacial score (nSPS) is 23.2. The Labute approximate surface area is 145 Å². The second-order valence-electron chi connectivity index (χ2n) is 6.91. The van der Waals surface area contributed by atoms with Crippen molar-refractivity contribution in [3.05, 3.63) is 29.8 Å². The fraction of sp³-hybridized carbons (Fsp3) is 0.632. The molecule has 132 valence electrons. The van der Waals surface area contributed by atoms with E-state index < -0.39 is 0 Å². The van der Waals surface area contributed by atoms with E-state index in [0.717, 1.165) is 45.6 Å². The maximum atomic E-state index is 12.4. The minimum atomic E-state index is -0.0772. The Morgan fingerprint density at radius 3 is 2.58 bits per heavy atom. The minimum Gasteiger partial charge on any atom is -0.376 e. The third kappa shape index (κ3) is 4.28. The lowest BCUT2D eigenvalue weighted by Crippen LogP contribution is -2.54. The van der Waals surface area contributed by atoms with E-state index in [1.54, 1.807) is 0 Å². The summed E-state index contributed by atoms with van der Waals surface area (Å²) in [6.45, 7) is 9.36. The summed E-state index contributed by atoms with van der Waals surface area (Å²) in [6.07, 6.45) is 2.38. The van der Waals surface area contributed by atoms with E-state index in [4.69, 9.17) is 4.74 Å². The number of nitrogens with zero attached hydrogens (tertiary/aromatic N) is 2. The van der Waals surface area contributed by atoms with Gasteiger partial charge < -0.3 is 15.0 Å². The van der Waals surface area contributed by atoms with E-state index in [1.165, 1.54) is 11.3 Å². The second-order valence-corrected chi connectivity index (χ2v) is 6.91. The summed E-state index contributed by atoms with van der Waals surface area (Å²) < 4.78 is 5.56. The molecule has 2 atom stereocenters. The Hall–Kier alpha value is -1.59. The molecule has 1 N–H and O–H groups in total. The van der Waals surface area contributed by atoms with Crippen LogP contribution in [-0.2, 0) is 9.53 Å². The highest BCUT2D eigenvalue weighted by Crippen LogP contribution is 2.18. The molecule has 24 heavy (non-hydrogen) atoms. The Bertz CT molecular complexity index is 532. The number of ether oxygens (including phenoxy) is 1. The lowest BCUT2D eigenvalue weighted by molar-refractivity contribution is -0.126. The summed E-state index contributed by atoms with van der Waals surface area (Å²) in [4.78, 5) is 17.0. The molecule has 5 heteroatoms. The van der Waals surface area contributed by atoms with Gasteiger partial charge in [-0.3, -0.25) is 9.69 Å². The largest absolute Gasteiger partial charge is 0.376 e. The molecule has 0 aromatic heterocycles. The van der Waals surface area contributed by atoms with Crippen LogP contribution in [0, 0.1) is 6.92 Å². The van der Waals surface area contributed by atoms with Crippen molar-refractivity contribution in [3.63, 3.8) is 0 Å². The molecule has 0 saturated carbocycles. The van der Waals surface area contributed by atoms with Crippen molar-refractivity contribution in [2.75, 3.05) is 44.2 Å². The zero-order valence-corrected chi connectivity index (χ0v) is 14.8. The second kappa shape index (κ2) is 7.99. The number of carbonyl (C=O) groups is 1. The number of carbonyl (C=O) groups excluding carboxylic acids is 1. The Kier molecular flexibility index (Phi) is 5.74. The molecule has 3 rings (SSSR count). The topological polar surface area (TPSA) is 44.8 Å². The lowest BCUT2D eigenvalue weighted by atomic mass is 10.1. The number of hydrogen-bond acceptors (Lipinski definition) is 4. The van der Waals surface area contributed by atoms with Gasteiger partial charge in [0.1, 0.15) is 0 Å². The van der Waals surface area contributed by atoms with E-state index in [9.17, 15) is 4.79 Å². The van der Waals surface area contributed by atoms with Crippen molar-refractivity contribution in [1.29, 1.82) is 0 Å². The first-order valence-electron chi connectivity index (χ1n) is 9.08. The number of benzene rings is 1. The summed E-state index contributed by atoms with van der Waals surface area (Å²) in [5.41, 5.74) is 2.56. The van der Waals surface area contributed by atoms with Gasteiger partial charge in [0.05, 0.1) is 12.1 Å². The standard InChI is InChI=1S/C19H29N3O2/c1-15-5-7-17(8-6-15)22-11-9-21(10-12-22)16(2)19(23)20-14-18-4-3-13-24-18/h5-8,16,18H,3-4,9-14H2,1-2H3,(H,20,23)/t16-,18-/m0/s1. The summed E-state index contributed by atoms with van der Waals surface area (Å²) in [5, 5.41) is 3.05. The van der Waals surface area contributed by atoms with Crippen molar-refractivity contribution in [2.24, 2.45) is 0 Å². The molecule has 0 unspecified atom stereocenters. The zero-order valence-electron chi connectivity index (χ0n) is 14.8. The summed E-state index contributed by atoms with van der Waals surface area (Å²) in [7, 11) is 0. The van der Waals surface area contributed by atoms with Gasteiger partial charge in [0.25, 0.3) is 0 Å². The predicted octanol–water partition coefficient (Wildman–Crippen LogP) is 1.80. The van der Waals surface area contributed by atoms with Gasteiger partial charge in [-0.15, -0.1) is 0 Å². The Balaban J connectivity index is 1.44. The van der Waals surface area contributed by atoms with Crippen LogP contribution in [0.5, 0.6) is 0 Å². The number of hydrogen-bond donors (Lipinski definition) is 1. The maximum absolute atomic E-state index is 12.4. The van der Waals surface area contributed by atoms with Crippen LogP contribution >= 0.6 is 0 Å². The van der Waals surface area contributed by atoms with Gasteiger partial charge in [0, 0.05) is 45.0 Å². The lowest BCUT2D eigenvalue weighted by Gasteiger charge is -2.38. The molecule has 1 amide bonds. The first-order valence-corrected chi connectivity index (χ1v) is 9.08. The molecule has 2 aliphatic rings. The molecule has 1 aromatic rings. The van der Waals surface area contributed by atoms with E-state index in [1.807, 2.05) is 6.92 Å². The molecule has 0 aliphatic carbocycles. The van der Waals surface area contributed by atoms with Crippen LogP contribution in [0.2, 0.25) is 0 Å². The molecule has 0 spiro atoms. The highest BCUT2D eigenvalue weighted by molar-refractivity contribution is 5.81. The number of amides is 1. The molecule has 5 nitrogen and oxygen atoms in total. The van der Waals surface area contributed by atoms with Crippen LogP contribution < -0.4 is 10.2 Å². The van der Waals surface area contributed by atoms with Gasteiger partial charge in [0.2, 0.25) is 5.91 Å². The van der Waals surface area contributed by atoms with E-state index in [2.05, 4.69) is 46.3 Å². The molecular formula is C19H29N3O2. The average Bonchev–Trinajstić information content (AvgIpc) is 3.13. The summed E-state index contributed by atoms with van der Waals surface area (Å²) in [6, 6.07) is 8.60. The predicted molar refractivity (Wildman–Crippen MR) is 96.4 cm³/mol. The van der Waals surface area contributed by atoms with Crippen molar-refractivity contribution in [2.45, 2.75) is 38.8 Å². The van der Waals surface area contributed by atoms with E-state index >= 15 is 0 Å². The molecule has 2 fully saturated rings. The van der Waals surface area contributed by atoms with Crippen LogP contribution in [0.4, 0.5) is 5.69 Å². The molecule has 2 aliphatic heterocycles. The van der Waals surface area contributed by atoms with Crippen molar-refractivity contribution in [1.82, 2.24) is 10.2 Å². The highest BCUT2D eigenvalue weighted by Gasteiger charge is 2.26. The third-order valence-corrected chi connectivity index (χ3v) is 5.17. The molecular weight excluding hydrogens is 302 g/mol. The molecule has 2 heterocycles. The monoisotopic (exact) mass is 331 g/mol.